The molecule has 2 atom stereocenters. The van der Waals surface area contributed by atoms with Gasteiger partial charge >= 0.3 is 0 Å². The van der Waals surface area contributed by atoms with E-state index in [2.05, 4.69) is 0 Å². The minimum absolute atomic E-state index is 0.0122. The van der Waals surface area contributed by atoms with E-state index in [-0.39, 0.29) is 35.7 Å². The summed E-state index contributed by atoms with van der Waals surface area (Å²) in [6.45, 7) is 0.549. The monoisotopic (exact) mass is 237 g/mol. The predicted molar refractivity (Wildman–Crippen MR) is 60.9 cm³/mol. The maximum atomic E-state index is 11.9. The van der Waals surface area contributed by atoms with Gasteiger partial charge in [0.2, 0.25) is 11.8 Å². The third-order valence-corrected chi connectivity index (χ3v) is 4.70. The largest absolute Gasteiger partial charge is 0.396 e. The highest BCUT2D eigenvalue weighted by atomic mass is 16.3. The Morgan fingerprint density at radius 1 is 1.12 bits per heavy atom. The van der Waals surface area contributed by atoms with Gasteiger partial charge in [-0.05, 0) is 19.3 Å². The number of aliphatic hydroxyl groups is 1. The van der Waals surface area contributed by atoms with Gasteiger partial charge in [0, 0.05) is 12.0 Å². The van der Waals surface area contributed by atoms with Crippen molar-refractivity contribution in [3.05, 3.63) is 0 Å². The fourth-order valence-electron chi connectivity index (χ4n) is 3.41. The van der Waals surface area contributed by atoms with Gasteiger partial charge in [-0.3, -0.25) is 14.5 Å². The topological polar surface area (TPSA) is 57.6 Å². The number of fused-ring (bicyclic) bond motifs is 1. The fourth-order valence-corrected chi connectivity index (χ4v) is 3.41. The molecule has 17 heavy (non-hydrogen) atoms. The fraction of sp³-hybridized carbons (Fsp3) is 0.846. The lowest BCUT2D eigenvalue weighted by molar-refractivity contribution is -0.144. The number of aliphatic hydroxyl groups excluding tert-OH is 1. The van der Waals surface area contributed by atoms with Crippen LogP contribution >= 0.6 is 0 Å². The normalized spacial score (nSPS) is 35.0. The quantitative estimate of drug-likeness (QED) is 0.743. The Morgan fingerprint density at radius 3 is 2.24 bits per heavy atom. The molecular weight excluding hydrogens is 218 g/mol. The summed E-state index contributed by atoms with van der Waals surface area (Å²) in [5.41, 5.74) is -0.208. The van der Waals surface area contributed by atoms with Gasteiger partial charge in [0.1, 0.15) is 0 Å². The van der Waals surface area contributed by atoms with Gasteiger partial charge in [-0.2, -0.15) is 0 Å². The van der Waals surface area contributed by atoms with E-state index in [9.17, 15) is 14.7 Å². The Bertz CT molecular complexity index is 340. The number of nitrogens with zero attached hydrogens (tertiary/aromatic N) is 1. The van der Waals surface area contributed by atoms with Crippen molar-refractivity contribution < 1.29 is 14.7 Å². The summed E-state index contributed by atoms with van der Waals surface area (Å²) in [7, 11) is 0. The molecule has 1 saturated heterocycles. The maximum absolute atomic E-state index is 11.9. The van der Waals surface area contributed by atoms with Crippen LogP contribution in [0.1, 0.15) is 38.5 Å². The van der Waals surface area contributed by atoms with Gasteiger partial charge in [-0.1, -0.05) is 19.3 Å². The van der Waals surface area contributed by atoms with Gasteiger partial charge in [-0.15, -0.1) is 0 Å². The van der Waals surface area contributed by atoms with E-state index in [1.165, 1.54) is 11.3 Å². The van der Waals surface area contributed by atoms with Crippen LogP contribution in [0.5, 0.6) is 0 Å². The molecule has 0 spiro atoms. The Hall–Kier alpha value is -0.900. The number of rotatable bonds is 3. The molecule has 2 amide bonds. The van der Waals surface area contributed by atoms with E-state index < -0.39 is 0 Å². The van der Waals surface area contributed by atoms with Crippen molar-refractivity contribution in [2.24, 2.45) is 17.3 Å². The van der Waals surface area contributed by atoms with E-state index in [0.717, 1.165) is 32.1 Å². The number of carbonyl (C=O) groups is 2. The summed E-state index contributed by atoms with van der Waals surface area (Å²) in [4.78, 5) is 25.3. The van der Waals surface area contributed by atoms with Crippen molar-refractivity contribution in [1.82, 2.24) is 4.90 Å². The highest BCUT2D eigenvalue weighted by Crippen LogP contribution is 2.48. The second-order valence-corrected chi connectivity index (χ2v) is 5.93. The summed E-state index contributed by atoms with van der Waals surface area (Å²) in [5, 5.41) is 9.60. The van der Waals surface area contributed by atoms with Crippen LogP contribution in [0.2, 0.25) is 0 Å². The lowest BCUT2D eigenvalue weighted by atomic mass is 9.74. The van der Waals surface area contributed by atoms with Gasteiger partial charge < -0.3 is 5.11 Å². The molecule has 3 rings (SSSR count). The highest BCUT2D eigenvalue weighted by Gasteiger charge is 2.59. The first kappa shape index (κ1) is 11.2. The molecule has 0 radical (unpaired) electrons. The van der Waals surface area contributed by atoms with Gasteiger partial charge in [0.05, 0.1) is 18.4 Å². The smallest absolute Gasteiger partial charge is 0.233 e. The average molecular weight is 237 g/mol. The predicted octanol–water partition coefficient (Wildman–Crippen LogP) is 0.934. The second-order valence-electron chi connectivity index (χ2n) is 5.93. The molecule has 0 aromatic carbocycles. The minimum atomic E-state index is -0.208. The van der Waals surface area contributed by atoms with Crippen molar-refractivity contribution in [2.75, 3.05) is 13.2 Å². The van der Waals surface area contributed by atoms with E-state index in [1.807, 2.05) is 0 Å². The molecule has 2 saturated carbocycles. The molecule has 3 fully saturated rings. The zero-order valence-corrected chi connectivity index (χ0v) is 10.0. The van der Waals surface area contributed by atoms with Crippen molar-refractivity contribution in [2.45, 2.75) is 38.5 Å². The summed E-state index contributed by atoms with van der Waals surface area (Å²) in [5.74, 6) is 0.000429. The molecule has 0 bridgehead atoms. The Morgan fingerprint density at radius 2 is 1.71 bits per heavy atom. The van der Waals surface area contributed by atoms with Gasteiger partial charge in [-0.25, -0.2) is 0 Å². The summed E-state index contributed by atoms with van der Waals surface area (Å²) in [6, 6.07) is 0. The summed E-state index contributed by atoms with van der Waals surface area (Å²) < 4.78 is 0. The van der Waals surface area contributed by atoms with Crippen molar-refractivity contribution in [1.29, 1.82) is 0 Å². The number of imide groups is 1. The third kappa shape index (κ3) is 1.69. The summed E-state index contributed by atoms with van der Waals surface area (Å²) in [6.07, 6.45) is 6.05. The number of hydrogen-bond acceptors (Lipinski definition) is 3. The summed E-state index contributed by atoms with van der Waals surface area (Å²) >= 11 is 0. The number of likely N-dealkylation sites (tertiary alicyclic amines) is 1. The van der Waals surface area contributed by atoms with E-state index in [4.69, 9.17) is 0 Å². The lowest BCUT2D eigenvalue weighted by Gasteiger charge is -2.38. The lowest BCUT2D eigenvalue weighted by Crippen LogP contribution is -2.45. The molecule has 0 aromatic rings. The van der Waals surface area contributed by atoms with Crippen molar-refractivity contribution in [3.8, 4) is 0 Å². The molecule has 2 aliphatic carbocycles. The van der Waals surface area contributed by atoms with Crippen LogP contribution in [0.25, 0.3) is 0 Å². The second kappa shape index (κ2) is 3.80. The molecule has 1 heterocycles. The van der Waals surface area contributed by atoms with Crippen LogP contribution in [-0.4, -0.2) is 35.0 Å². The maximum Gasteiger partial charge on any atom is 0.233 e. The first-order chi connectivity index (χ1) is 8.17. The molecule has 0 aromatic heterocycles. The first-order valence-electron chi connectivity index (χ1n) is 6.63. The molecular formula is C13H19NO3. The minimum Gasteiger partial charge on any atom is -0.396 e. The van der Waals surface area contributed by atoms with Crippen LogP contribution in [0.15, 0.2) is 0 Å². The molecule has 4 nitrogen and oxygen atoms in total. The SMILES string of the molecule is O=C1C2CC2C(=O)N1CC1(CO)CCCCC1. The average Bonchev–Trinajstić information content (AvgIpc) is 3.11. The Labute approximate surface area is 101 Å². The van der Waals surface area contributed by atoms with Gasteiger partial charge in [0.25, 0.3) is 0 Å². The highest BCUT2D eigenvalue weighted by molar-refractivity contribution is 6.08. The molecule has 1 N–H and O–H groups in total. The van der Waals surface area contributed by atoms with Crippen LogP contribution < -0.4 is 0 Å². The van der Waals surface area contributed by atoms with Crippen LogP contribution in [0.4, 0.5) is 0 Å². The third-order valence-electron chi connectivity index (χ3n) is 4.70. The number of piperidine rings is 1. The van der Waals surface area contributed by atoms with Crippen LogP contribution in [-0.2, 0) is 9.59 Å². The number of hydrogen-bond donors (Lipinski definition) is 1. The first-order valence-corrected chi connectivity index (χ1v) is 6.63. The Kier molecular flexibility index (Phi) is 2.51. The Balaban J connectivity index is 1.73. The van der Waals surface area contributed by atoms with E-state index >= 15 is 0 Å². The van der Waals surface area contributed by atoms with Crippen molar-refractivity contribution >= 4 is 11.8 Å². The van der Waals surface area contributed by atoms with E-state index in [0.29, 0.717) is 6.54 Å². The number of carbonyl (C=O) groups excluding carboxylic acids is 2. The van der Waals surface area contributed by atoms with Crippen LogP contribution in [0, 0.1) is 17.3 Å². The molecule has 4 heteroatoms. The molecule has 2 unspecified atom stereocenters. The standard InChI is InChI=1S/C13H19NO3/c15-8-13(4-2-1-3-5-13)7-14-11(16)9-6-10(9)12(14)17/h9-10,15H,1-8H2. The van der Waals surface area contributed by atoms with Crippen molar-refractivity contribution in [3.63, 3.8) is 0 Å². The zero-order valence-electron chi connectivity index (χ0n) is 10.0. The molecule has 94 valence electrons. The molecule has 1 aliphatic heterocycles. The van der Waals surface area contributed by atoms with Crippen LogP contribution in [0.3, 0.4) is 0 Å². The zero-order chi connectivity index (χ0) is 12.0. The van der Waals surface area contributed by atoms with Gasteiger partial charge in [0.15, 0.2) is 0 Å². The number of amides is 2. The van der Waals surface area contributed by atoms with E-state index in [1.54, 1.807) is 0 Å². The molecule has 3 aliphatic rings.